The Kier molecular flexibility index (Phi) is 6.10. The SMILES string of the molecule is CC#CCCOc1c(Br)cccc1CC(C)N. The van der Waals surface area contributed by atoms with Gasteiger partial charge in [-0.3, -0.25) is 0 Å². The number of nitrogens with two attached hydrogens (primary N) is 1. The van der Waals surface area contributed by atoms with Gasteiger partial charge in [0.1, 0.15) is 5.75 Å². The summed E-state index contributed by atoms with van der Waals surface area (Å²) in [6.45, 7) is 4.43. The zero-order chi connectivity index (χ0) is 12.7. The first-order valence-electron chi connectivity index (χ1n) is 5.70. The van der Waals surface area contributed by atoms with Crippen molar-refractivity contribution in [3.05, 3.63) is 28.2 Å². The molecule has 17 heavy (non-hydrogen) atoms. The van der Waals surface area contributed by atoms with Gasteiger partial charge in [-0.05, 0) is 47.8 Å². The third kappa shape index (κ3) is 4.80. The molecule has 0 heterocycles. The lowest BCUT2D eigenvalue weighted by molar-refractivity contribution is 0.321. The van der Waals surface area contributed by atoms with Crippen LogP contribution in [0.15, 0.2) is 22.7 Å². The Bertz CT molecular complexity index is 418. The summed E-state index contributed by atoms with van der Waals surface area (Å²) in [6.07, 6.45) is 1.56. The maximum atomic E-state index is 5.83. The highest BCUT2D eigenvalue weighted by Crippen LogP contribution is 2.29. The second-order valence-corrected chi connectivity index (χ2v) is 4.79. The van der Waals surface area contributed by atoms with Crippen LogP contribution in [0.4, 0.5) is 0 Å². The molecule has 0 saturated carbocycles. The van der Waals surface area contributed by atoms with Gasteiger partial charge in [0.15, 0.2) is 0 Å². The minimum Gasteiger partial charge on any atom is -0.491 e. The minimum atomic E-state index is 0.127. The molecule has 2 N–H and O–H groups in total. The quantitative estimate of drug-likeness (QED) is 0.669. The molecule has 1 aromatic carbocycles. The van der Waals surface area contributed by atoms with E-state index in [1.165, 1.54) is 0 Å². The molecular weight excluding hydrogens is 278 g/mol. The lowest BCUT2D eigenvalue weighted by atomic mass is 10.1. The monoisotopic (exact) mass is 295 g/mol. The summed E-state index contributed by atoms with van der Waals surface area (Å²) in [7, 11) is 0. The van der Waals surface area contributed by atoms with Gasteiger partial charge in [-0.2, -0.15) is 0 Å². The van der Waals surface area contributed by atoms with Crippen molar-refractivity contribution in [3.8, 4) is 17.6 Å². The molecule has 1 unspecified atom stereocenters. The van der Waals surface area contributed by atoms with Crippen LogP contribution < -0.4 is 10.5 Å². The van der Waals surface area contributed by atoms with Crippen LogP contribution in [-0.2, 0) is 6.42 Å². The van der Waals surface area contributed by atoms with Crippen LogP contribution in [0.3, 0.4) is 0 Å². The first kappa shape index (κ1) is 14.1. The van der Waals surface area contributed by atoms with Crippen molar-refractivity contribution in [3.63, 3.8) is 0 Å². The molecule has 1 atom stereocenters. The Morgan fingerprint density at radius 1 is 1.47 bits per heavy atom. The molecule has 0 aliphatic rings. The molecule has 0 spiro atoms. The maximum Gasteiger partial charge on any atom is 0.136 e. The van der Waals surface area contributed by atoms with E-state index in [2.05, 4.69) is 33.8 Å². The molecular formula is C14H18BrNO. The van der Waals surface area contributed by atoms with E-state index >= 15 is 0 Å². The average molecular weight is 296 g/mol. The highest BCUT2D eigenvalue weighted by atomic mass is 79.9. The molecule has 1 aromatic rings. The number of rotatable bonds is 5. The molecule has 0 aromatic heterocycles. The molecule has 0 fully saturated rings. The van der Waals surface area contributed by atoms with E-state index in [0.29, 0.717) is 6.61 Å². The van der Waals surface area contributed by atoms with Crippen molar-refractivity contribution in [1.29, 1.82) is 0 Å². The van der Waals surface area contributed by atoms with Gasteiger partial charge >= 0.3 is 0 Å². The van der Waals surface area contributed by atoms with E-state index in [1.807, 2.05) is 26.0 Å². The Labute approximate surface area is 112 Å². The highest BCUT2D eigenvalue weighted by molar-refractivity contribution is 9.10. The molecule has 1 rings (SSSR count). The molecule has 0 radical (unpaired) electrons. The fraction of sp³-hybridized carbons (Fsp3) is 0.429. The first-order chi connectivity index (χ1) is 8.15. The van der Waals surface area contributed by atoms with Crippen LogP contribution in [0.2, 0.25) is 0 Å². The summed E-state index contributed by atoms with van der Waals surface area (Å²) in [5, 5.41) is 0. The Morgan fingerprint density at radius 3 is 2.88 bits per heavy atom. The van der Waals surface area contributed by atoms with Crippen LogP contribution in [-0.4, -0.2) is 12.6 Å². The number of para-hydroxylation sites is 1. The van der Waals surface area contributed by atoms with Gasteiger partial charge in [-0.15, -0.1) is 11.8 Å². The molecule has 92 valence electrons. The van der Waals surface area contributed by atoms with Crippen LogP contribution >= 0.6 is 15.9 Å². The van der Waals surface area contributed by atoms with Gasteiger partial charge in [0.2, 0.25) is 0 Å². The fourth-order valence-electron chi connectivity index (χ4n) is 1.55. The standard InChI is InChI=1S/C14H18BrNO/c1-3-4-5-9-17-14-12(10-11(2)16)7-6-8-13(14)15/h6-8,11H,5,9-10,16H2,1-2H3. The molecule has 0 bridgehead atoms. The third-order valence-electron chi connectivity index (χ3n) is 2.24. The summed E-state index contributed by atoms with van der Waals surface area (Å²) in [5.41, 5.74) is 6.96. The Balaban J connectivity index is 2.75. The van der Waals surface area contributed by atoms with Crippen LogP contribution in [0.25, 0.3) is 0 Å². The number of ether oxygens (including phenoxy) is 1. The van der Waals surface area contributed by atoms with Crippen molar-refractivity contribution in [1.82, 2.24) is 0 Å². The summed E-state index contributed by atoms with van der Waals surface area (Å²) in [6, 6.07) is 6.16. The van der Waals surface area contributed by atoms with Crippen molar-refractivity contribution < 1.29 is 4.74 Å². The van der Waals surface area contributed by atoms with E-state index in [9.17, 15) is 0 Å². The minimum absolute atomic E-state index is 0.127. The van der Waals surface area contributed by atoms with Crippen molar-refractivity contribution in [2.45, 2.75) is 32.7 Å². The maximum absolute atomic E-state index is 5.83. The number of halogens is 1. The molecule has 0 aliphatic carbocycles. The predicted molar refractivity (Wildman–Crippen MR) is 75.1 cm³/mol. The molecule has 0 amide bonds. The number of benzene rings is 1. The largest absolute Gasteiger partial charge is 0.491 e. The van der Waals surface area contributed by atoms with Gasteiger partial charge in [0, 0.05) is 12.5 Å². The summed E-state index contributed by atoms with van der Waals surface area (Å²) < 4.78 is 6.74. The molecule has 3 heteroatoms. The second-order valence-electron chi connectivity index (χ2n) is 3.93. The molecule has 2 nitrogen and oxygen atoms in total. The van der Waals surface area contributed by atoms with E-state index in [4.69, 9.17) is 10.5 Å². The number of hydrogen-bond donors (Lipinski definition) is 1. The summed E-state index contributed by atoms with van der Waals surface area (Å²) in [4.78, 5) is 0. The van der Waals surface area contributed by atoms with Crippen molar-refractivity contribution in [2.24, 2.45) is 5.73 Å². The molecule has 0 saturated heterocycles. The van der Waals surface area contributed by atoms with Crippen molar-refractivity contribution in [2.75, 3.05) is 6.61 Å². The van der Waals surface area contributed by atoms with E-state index in [-0.39, 0.29) is 6.04 Å². The lowest BCUT2D eigenvalue weighted by Crippen LogP contribution is -2.18. The van der Waals surface area contributed by atoms with Crippen LogP contribution in [0, 0.1) is 11.8 Å². The third-order valence-corrected chi connectivity index (χ3v) is 2.87. The Hall–Kier alpha value is -0.980. The highest BCUT2D eigenvalue weighted by Gasteiger charge is 2.09. The van der Waals surface area contributed by atoms with E-state index in [1.54, 1.807) is 0 Å². The smallest absolute Gasteiger partial charge is 0.136 e. The van der Waals surface area contributed by atoms with Gasteiger partial charge in [0.05, 0.1) is 11.1 Å². The van der Waals surface area contributed by atoms with Gasteiger partial charge < -0.3 is 10.5 Å². The fourth-order valence-corrected chi connectivity index (χ4v) is 2.07. The van der Waals surface area contributed by atoms with E-state index in [0.717, 1.165) is 28.6 Å². The predicted octanol–water partition coefficient (Wildman–Crippen LogP) is 3.13. The number of hydrogen-bond acceptors (Lipinski definition) is 2. The van der Waals surface area contributed by atoms with E-state index < -0.39 is 0 Å². The van der Waals surface area contributed by atoms with Crippen LogP contribution in [0.5, 0.6) is 5.75 Å². The van der Waals surface area contributed by atoms with Gasteiger partial charge in [0.25, 0.3) is 0 Å². The summed E-state index contributed by atoms with van der Waals surface area (Å²) >= 11 is 3.50. The lowest BCUT2D eigenvalue weighted by Gasteiger charge is -2.14. The topological polar surface area (TPSA) is 35.2 Å². The average Bonchev–Trinajstić information content (AvgIpc) is 2.26. The van der Waals surface area contributed by atoms with Gasteiger partial charge in [-0.1, -0.05) is 12.1 Å². The molecule has 0 aliphatic heterocycles. The zero-order valence-electron chi connectivity index (χ0n) is 10.3. The Morgan fingerprint density at radius 2 is 2.24 bits per heavy atom. The van der Waals surface area contributed by atoms with Gasteiger partial charge in [-0.25, -0.2) is 0 Å². The van der Waals surface area contributed by atoms with Crippen LogP contribution in [0.1, 0.15) is 25.8 Å². The zero-order valence-corrected chi connectivity index (χ0v) is 11.9. The summed E-state index contributed by atoms with van der Waals surface area (Å²) in [5.74, 6) is 6.73. The second kappa shape index (κ2) is 7.37. The van der Waals surface area contributed by atoms with Crippen molar-refractivity contribution >= 4 is 15.9 Å². The normalized spacial score (nSPS) is 11.5. The first-order valence-corrected chi connectivity index (χ1v) is 6.49.